The van der Waals surface area contributed by atoms with Gasteiger partial charge in [-0.05, 0) is 37.8 Å². The number of hydrogen-bond acceptors (Lipinski definition) is 2. The molecule has 0 unspecified atom stereocenters. The van der Waals surface area contributed by atoms with Crippen molar-refractivity contribution >= 4 is 18.3 Å². The van der Waals surface area contributed by atoms with Gasteiger partial charge in [-0.1, -0.05) is 23.8 Å². The predicted molar refractivity (Wildman–Crippen MR) is 80.7 cm³/mol. The zero-order valence-electron chi connectivity index (χ0n) is 11.7. The van der Waals surface area contributed by atoms with Gasteiger partial charge in [0.2, 0.25) is 5.91 Å². The summed E-state index contributed by atoms with van der Waals surface area (Å²) >= 11 is 0. The molecular weight excluding hydrogens is 260 g/mol. The lowest BCUT2D eigenvalue weighted by Gasteiger charge is -2.30. The number of likely N-dealkylation sites (tertiary alicyclic amines) is 1. The third kappa shape index (κ3) is 4.22. The molecule has 2 N–H and O–H groups in total. The number of carbonyl (C=O) groups excluding carboxylic acids is 1. The highest BCUT2D eigenvalue weighted by atomic mass is 35.5. The second-order valence-electron chi connectivity index (χ2n) is 5.32. The Morgan fingerprint density at radius 1 is 1.32 bits per heavy atom. The molecule has 0 atom stereocenters. The summed E-state index contributed by atoms with van der Waals surface area (Å²) in [6.45, 7) is 5.75. The average Bonchev–Trinajstić information content (AvgIpc) is 2.34. The van der Waals surface area contributed by atoms with Crippen molar-refractivity contribution in [3.63, 3.8) is 0 Å². The molecule has 0 spiro atoms. The highest BCUT2D eigenvalue weighted by Crippen LogP contribution is 2.15. The maximum absolute atomic E-state index is 12.2. The number of hydrogen-bond donors (Lipinski definition) is 1. The number of halogens is 1. The molecule has 0 aromatic heterocycles. The van der Waals surface area contributed by atoms with Crippen LogP contribution in [0, 0.1) is 13.8 Å². The Morgan fingerprint density at radius 2 is 1.95 bits per heavy atom. The summed E-state index contributed by atoms with van der Waals surface area (Å²) < 4.78 is 0. The van der Waals surface area contributed by atoms with Gasteiger partial charge >= 0.3 is 0 Å². The summed E-state index contributed by atoms with van der Waals surface area (Å²) in [4.78, 5) is 14.2. The molecule has 1 aliphatic rings. The van der Waals surface area contributed by atoms with Crippen molar-refractivity contribution in [2.75, 3.05) is 13.1 Å². The second kappa shape index (κ2) is 6.92. The topological polar surface area (TPSA) is 46.3 Å². The first-order valence-electron chi connectivity index (χ1n) is 6.66. The molecule has 3 nitrogen and oxygen atoms in total. The van der Waals surface area contributed by atoms with E-state index in [1.807, 2.05) is 4.90 Å². The van der Waals surface area contributed by atoms with Gasteiger partial charge in [0.25, 0.3) is 0 Å². The Labute approximate surface area is 121 Å². The van der Waals surface area contributed by atoms with E-state index in [1.54, 1.807) is 0 Å². The SMILES string of the molecule is Cc1ccc(C)c(CC(=O)N2CCC(N)CC2)c1.Cl. The van der Waals surface area contributed by atoms with Gasteiger partial charge in [-0.25, -0.2) is 0 Å². The predicted octanol–water partition coefficient (Wildman–Crippen LogP) is 2.22. The lowest BCUT2D eigenvalue weighted by Crippen LogP contribution is -2.43. The van der Waals surface area contributed by atoms with Crippen LogP contribution in [0.5, 0.6) is 0 Å². The molecule has 1 fully saturated rings. The monoisotopic (exact) mass is 282 g/mol. The Balaban J connectivity index is 0.00000180. The van der Waals surface area contributed by atoms with Gasteiger partial charge in [-0.15, -0.1) is 12.4 Å². The van der Waals surface area contributed by atoms with Crippen LogP contribution in [-0.4, -0.2) is 29.9 Å². The number of benzene rings is 1. The van der Waals surface area contributed by atoms with Crippen LogP contribution in [-0.2, 0) is 11.2 Å². The Bertz CT molecular complexity index is 440. The number of rotatable bonds is 2. The van der Waals surface area contributed by atoms with E-state index in [1.165, 1.54) is 11.1 Å². The van der Waals surface area contributed by atoms with Gasteiger partial charge in [0.05, 0.1) is 6.42 Å². The molecule has 0 bridgehead atoms. The van der Waals surface area contributed by atoms with E-state index in [4.69, 9.17) is 5.73 Å². The zero-order valence-corrected chi connectivity index (χ0v) is 12.5. The third-order valence-electron chi connectivity index (χ3n) is 3.74. The van der Waals surface area contributed by atoms with Crippen LogP contribution < -0.4 is 5.73 Å². The van der Waals surface area contributed by atoms with Crippen LogP contribution in [0.4, 0.5) is 0 Å². The maximum Gasteiger partial charge on any atom is 0.227 e. The van der Waals surface area contributed by atoms with Crippen molar-refractivity contribution in [1.29, 1.82) is 0 Å². The number of amides is 1. The number of carbonyl (C=O) groups is 1. The molecule has 1 amide bonds. The summed E-state index contributed by atoms with van der Waals surface area (Å²) in [5, 5.41) is 0. The summed E-state index contributed by atoms with van der Waals surface area (Å²) in [6.07, 6.45) is 2.37. The average molecular weight is 283 g/mol. The second-order valence-corrected chi connectivity index (χ2v) is 5.32. The van der Waals surface area contributed by atoms with Crippen molar-refractivity contribution in [1.82, 2.24) is 4.90 Å². The fraction of sp³-hybridized carbons (Fsp3) is 0.533. The number of piperidine rings is 1. The van der Waals surface area contributed by atoms with E-state index in [0.29, 0.717) is 6.42 Å². The van der Waals surface area contributed by atoms with Gasteiger partial charge in [-0.2, -0.15) is 0 Å². The molecule has 1 heterocycles. The fourth-order valence-corrected chi connectivity index (χ4v) is 2.41. The largest absolute Gasteiger partial charge is 0.342 e. The molecule has 19 heavy (non-hydrogen) atoms. The smallest absolute Gasteiger partial charge is 0.227 e. The van der Waals surface area contributed by atoms with Gasteiger partial charge in [-0.3, -0.25) is 4.79 Å². The first-order chi connectivity index (χ1) is 8.56. The van der Waals surface area contributed by atoms with Crippen LogP contribution in [0.15, 0.2) is 18.2 Å². The Hall–Kier alpha value is -1.06. The number of nitrogens with zero attached hydrogens (tertiary/aromatic N) is 1. The van der Waals surface area contributed by atoms with Gasteiger partial charge < -0.3 is 10.6 Å². The Morgan fingerprint density at radius 3 is 2.58 bits per heavy atom. The van der Waals surface area contributed by atoms with Crippen molar-refractivity contribution in [3.8, 4) is 0 Å². The molecule has 0 saturated carbocycles. The number of aryl methyl sites for hydroxylation is 2. The van der Waals surface area contributed by atoms with E-state index in [0.717, 1.165) is 31.5 Å². The maximum atomic E-state index is 12.2. The normalized spacial score (nSPS) is 16.1. The molecule has 2 rings (SSSR count). The molecule has 1 aromatic carbocycles. The molecule has 1 aliphatic heterocycles. The summed E-state index contributed by atoms with van der Waals surface area (Å²) in [5.41, 5.74) is 9.41. The molecule has 0 radical (unpaired) electrons. The number of nitrogens with two attached hydrogens (primary N) is 1. The molecule has 4 heteroatoms. The minimum atomic E-state index is 0. The first-order valence-corrected chi connectivity index (χ1v) is 6.66. The molecule has 106 valence electrons. The van der Waals surface area contributed by atoms with Crippen molar-refractivity contribution in [2.24, 2.45) is 5.73 Å². The van der Waals surface area contributed by atoms with E-state index < -0.39 is 0 Å². The highest BCUT2D eigenvalue weighted by Gasteiger charge is 2.20. The summed E-state index contributed by atoms with van der Waals surface area (Å²) in [5.74, 6) is 0.232. The minimum absolute atomic E-state index is 0. The molecular formula is C15H23ClN2O. The summed E-state index contributed by atoms with van der Waals surface area (Å²) in [6, 6.07) is 6.56. The van der Waals surface area contributed by atoms with E-state index in [-0.39, 0.29) is 24.4 Å². The summed E-state index contributed by atoms with van der Waals surface area (Å²) in [7, 11) is 0. The highest BCUT2D eigenvalue weighted by molar-refractivity contribution is 5.85. The van der Waals surface area contributed by atoms with E-state index in [2.05, 4.69) is 32.0 Å². The van der Waals surface area contributed by atoms with Crippen LogP contribution >= 0.6 is 12.4 Å². The lowest BCUT2D eigenvalue weighted by atomic mass is 10.0. The quantitative estimate of drug-likeness (QED) is 0.904. The lowest BCUT2D eigenvalue weighted by molar-refractivity contribution is -0.131. The van der Waals surface area contributed by atoms with Crippen molar-refractivity contribution in [3.05, 3.63) is 34.9 Å². The zero-order chi connectivity index (χ0) is 13.1. The Kier molecular flexibility index (Phi) is 5.83. The third-order valence-corrected chi connectivity index (χ3v) is 3.74. The van der Waals surface area contributed by atoms with Crippen LogP contribution in [0.3, 0.4) is 0 Å². The standard InChI is InChI=1S/C15H22N2O.ClH/c1-11-3-4-12(2)13(9-11)10-15(18)17-7-5-14(16)6-8-17;/h3-4,9,14H,5-8,10,16H2,1-2H3;1H. The molecule has 1 aromatic rings. The first kappa shape index (κ1) is 16.0. The minimum Gasteiger partial charge on any atom is -0.342 e. The van der Waals surface area contributed by atoms with Crippen molar-refractivity contribution in [2.45, 2.75) is 39.2 Å². The van der Waals surface area contributed by atoms with Gasteiger partial charge in [0.1, 0.15) is 0 Å². The van der Waals surface area contributed by atoms with Crippen LogP contribution in [0.2, 0.25) is 0 Å². The van der Waals surface area contributed by atoms with Gasteiger partial charge in [0, 0.05) is 19.1 Å². The fourth-order valence-electron chi connectivity index (χ4n) is 2.41. The van der Waals surface area contributed by atoms with E-state index >= 15 is 0 Å². The van der Waals surface area contributed by atoms with Crippen LogP contribution in [0.1, 0.15) is 29.5 Å². The van der Waals surface area contributed by atoms with Crippen LogP contribution in [0.25, 0.3) is 0 Å². The van der Waals surface area contributed by atoms with Crippen molar-refractivity contribution < 1.29 is 4.79 Å². The molecule has 0 aliphatic carbocycles. The molecule has 1 saturated heterocycles. The van der Waals surface area contributed by atoms with E-state index in [9.17, 15) is 4.79 Å². The van der Waals surface area contributed by atoms with Gasteiger partial charge in [0.15, 0.2) is 0 Å².